The van der Waals surface area contributed by atoms with E-state index in [1.165, 1.54) is 18.7 Å². The van der Waals surface area contributed by atoms with Crippen LogP contribution in [-0.2, 0) is 4.79 Å². The molecule has 0 aromatic carbocycles. The number of nitrogens with one attached hydrogen (secondary N) is 1. The smallest absolute Gasteiger partial charge is 0.408 e. The van der Waals surface area contributed by atoms with E-state index in [0.717, 1.165) is 6.42 Å². The minimum atomic E-state index is -4.52. The first-order chi connectivity index (χ1) is 10.1. The van der Waals surface area contributed by atoms with Crippen molar-refractivity contribution >= 4 is 12.0 Å². The van der Waals surface area contributed by atoms with Gasteiger partial charge in [0.1, 0.15) is 6.04 Å². The van der Waals surface area contributed by atoms with Crippen LogP contribution in [-0.4, -0.2) is 47.3 Å². The Bertz CT molecular complexity index is 467. The largest absolute Gasteiger partial charge is 0.481 e. The second-order valence-corrected chi connectivity index (χ2v) is 6.64. The molecule has 1 heterocycles. The number of carboxylic acid groups (broad SMARTS) is 1. The van der Waals surface area contributed by atoms with E-state index in [-0.39, 0.29) is 19.0 Å². The van der Waals surface area contributed by atoms with Crippen molar-refractivity contribution in [2.45, 2.75) is 45.3 Å². The molecule has 22 heavy (non-hydrogen) atoms. The number of amides is 2. The van der Waals surface area contributed by atoms with E-state index < -0.39 is 35.6 Å². The quantitative estimate of drug-likeness (QED) is 0.838. The Morgan fingerprint density at radius 3 is 2.45 bits per heavy atom. The lowest BCUT2D eigenvalue weighted by atomic mass is 9.81. The number of nitrogens with zero attached hydrogens (tertiary/aromatic N) is 1. The van der Waals surface area contributed by atoms with Crippen molar-refractivity contribution in [3.63, 3.8) is 0 Å². The maximum absolute atomic E-state index is 12.9. The van der Waals surface area contributed by atoms with E-state index in [4.69, 9.17) is 0 Å². The van der Waals surface area contributed by atoms with Gasteiger partial charge in [-0.15, -0.1) is 0 Å². The lowest BCUT2D eigenvalue weighted by Crippen LogP contribution is -2.53. The van der Waals surface area contributed by atoms with Gasteiger partial charge in [-0.2, -0.15) is 13.2 Å². The van der Waals surface area contributed by atoms with Crippen LogP contribution in [0.3, 0.4) is 0 Å². The van der Waals surface area contributed by atoms with Crippen molar-refractivity contribution in [1.29, 1.82) is 0 Å². The summed E-state index contributed by atoms with van der Waals surface area (Å²) in [6.45, 7) is 2.97. The second kappa shape index (κ2) is 5.62. The number of alkyl halides is 3. The van der Waals surface area contributed by atoms with Gasteiger partial charge in [0.2, 0.25) is 0 Å². The van der Waals surface area contributed by atoms with Gasteiger partial charge in [-0.25, -0.2) is 4.79 Å². The van der Waals surface area contributed by atoms with Crippen molar-refractivity contribution in [1.82, 2.24) is 10.2 Å². The van der Waals surface area contributed by atoms with Crippen molar-refractivity contribution in [3.8, 4) is 0 Å². The van der Waals surface area contributed by atoms with Crippen LogP contribution in [0.15, 0.2) is 0 Å². The fraction of sp³-hybridized carbons (Fsp3) is 0.857. The van der Waals surface area contributed by atoms with E-state index in [1.807, 2.05) is 5.32 Å². The average Bonchev–Trinajstić information content (AvgIpc) is 2.90. The van der Waals surface area contributed by atoms with Crippen molar-refractivity contribution in [2.75, 3.05) is 13.1 Å². The molecule has 2 aliphatic rings. The predicted molar refractivity (Wildman–Crippen MR) is 72.2 cm³/mol. The summed E-state index contributed by atoms with van der Waals surface area (Å²) in [7, 11) is 0. The molecule has 8 heteroatoms. The lowest BCUT2D eigenvalue weighted by Gasteiger charge is -2.28. The van der Waals surface area contributed by atoms with Gasteiger partial charge in [-0.1, -0.05) is 20.3 Å². The van der Waals surface area contributed by atoms with Crippen molar-refractivity contribution in [3.05, 3.63) is 0 Å². The standard InChI is InChI=1S/C14H21F3N2O3/c1-8(2)10(14(15,16)17)18-12(22)19-6-9-4-3-5-13(9,7-19)11(20)21/h8-10H,3-7H2,1-2H3,(H,18,22)(H,20,21)/t9-,10-,13+/m0/s1. The predicted octanol–water partition coefficient (Wildman–Crippen LogP) is 2.47. The number of aliphatic carboxylic acids is 1. The third-order valence-electron chi connectivity index (χ3n) is 4.88. The molecule has 0 radical (unpaired) electrons. The Hall–Kier alpha value is -1.47. The molecular formula is C14H21F3N2O3. The van der Waals surface area contributed by atoms with Crippen LogP contribution in [0.4, 0.5) is 18.0 Å². The molecule has 1 aliphatic carbocycles. The highest BCUT2D eigenvalue weighted by Gasteiger charge is 2.56. The zero-order valence-electron chi connectivity index (χ0n) is 12.6. The summed E-state index contributed by atoms with van der Waals surface area (Å²) < 4.78 is 38.8. The summed E-state index contributed by atoms with van der Waals surface area (Å²) in [5.41, 5.74) is -0.983. The highest BCUT2D eigenvalue weighted by molar-refractivity contribution is 5.80. The summed E-state index contributed by atoms with van der Waals surface area (Å²) in [6.07, 6.45) is -2.57. The third-order valence-corrected chi connectivity index (χ3v) is 4.88. The molecule has 0 bridgehead atoms. The molecule has 0 aromatic rings. The van der Waals surface area contributed by atoms with Crippen LogP contribution in [0.5, 0.6) is 0 Å². The normalized spacial score (nSPS) is 29.5. The summed E-state index contributed by atoms with van der Waals surface area (Å²) in [5.74, 6) is -1.92. The van der Waals surface area contributed by atoms with Gasteiger partial charge in [0.25, 0.3) is 0 Å². The molecular weight excluding hydrogens is 301 g/mol. The zero-order valence-corrected chi connectivity index (χ0v) is 12.6. The molecule has 2 N–H and O–H groups in total. The SMILES string of the molecule is CC(C)[C@H](NC(=O)N1C[C@@H]2CCC[C@@]2(C(=O)O)C1)C(F)(F)F. The first kappa shape index (κ1) is 16.9. The summed E-state index contributed by atoms with van der Waals surface area (Å²) in [6, 6.07) is -2.76. The summed E-state index contributed by atoms with van der Waals surface area (Å²) in [5, 5.41) is 11.4. The average molecular weight is 322 g/mol. The zero-order chi connectivity index (χ0) is 16.7. The Morgan fingerprint density at radius 2 is 2.00 bits per heavy atom. The molecule has 5 nitrogen and oxygen atoms in total. The van der Waals surface area contributed by atoms with Gasteiger partial charge < -0.3 is 15.3 Å². The van der Waals surface area contributed by atoms with Crippen LogP contribution >= 0.6 is 0 Å². The summed E-state index contributed by atoms with van der Waals surface area (Å²) >= 11 is 0. The van der Waals surface area contributed by atoms with Gasteiger partial charge in [0.15, 0.2) is 0 Å². The molecule has 2 rings (SSSR count). The molecule has 126 valence electrons. The second-order valence-electron chi connectivity index (χ2n) is 6.64. The number of likely N-dealkylation sites (tertiary alicyclic amines) is 1. The fourth-order valence-corrected chi connectivity index (χ4v) is 3.64. The monoisotopic (exact) mass is 322 g/mol. The van der Waals surface area contributed by atoms with E-state index in [9.17, 15) is 27.9 Å². The number of hydrogen-bond donors (Lipinski definition) is 2. The van der Waals surface area contributed by atoms with Gasteiger partial charge in [-0.3, -0.25) is 4.79 Å². The first-order valence-corrected chi connectivity index (χ1v) is 7.43. The molecule has 1 saturated carbocycles. The highest BCUT2D eigenvalue weighted by Crippen LogP contribution is 2.48. The van der Waals surface area contributed by atoms with Crippen LogP contribution in [0.1, 0.15) is 33.1 Å². The Kier molecular flexibility index (Phi) is 4.32. The minimum absolute atomic E-state index is 0.0124. The van der Waals surface area contributed by atoms with Gasteiger partial charge in [-0.05, 0) is 24.7 Å². The molecule has 1 saturated heterocycles. The number of urea groups is 1. The number of halogens is 3. The fourth-order valence-electron chi connectivity index (χ4n) is 3.64. The maximum Gasteiger partial charge on any atom is 0.408 e. The lowest BCUT2D eigenvalue weighted by molar-refractivity contribution is -0.162. The van der Waals surface area contributed by atoms with E-state index in [2.05, 4.69) is 0 Å². The first-order valence-electron chi connectivity index (χ1n) is 7.43. The van der Waals surface area contributed by atoms with Crippen molar-refractivity contribution in [2.24, 2.45) is 17.3 Å². The number of fused-ring (bicyclic) bond motifs is 1. The highest BCUT2D eigenvalue weighted by atomic mass is 19.4. The molecule has 3 atom stereocenters. The number of carbonyl (C=O) groups is 2. The van der Waals surface area contributed by atoms with E-state index >= 15 is 0 Å². The summed E-state index contributed by atoms with van der Waals surface area (Å²) in [4.78, 5) is 24.9. The molecule has 2 fully saturated rings. The Labute approximate surface area is 126 Å². The molecule has 0 unspecified atom stereocenters. The van der Waals surface area contributed by atoms with Gasteiger partial charge >= 0.3 is 18.2 Å². The topological polar surface area (TPSA) is 69.6 Å². The number of hydrogen-bond acceptors (Lipinski definition) is 2. The Balaban J connectivity index is 2.07. The molecule has 0 aromatic heterocycles. The van der Waals surface area contributed by atoms with Crippen LogP contribution in [0.2, 0.25) is 0 Å². The third kappa shape index (κ3) is 2.87. The van der Waals surface area contributed by atoms with E-state index in [0.29, 0.717) is 12.8 Å². The molecule has 0 spiro atoms. The number of carbonyl (C=O) groups excluding carboxylic acids is 1. The molecule has 2 amide bonds. The van der Waals surface area contributed by atoms with Crippen molar-refractivity contribution < 1.29 is 27.9 Å². The van der Waals surface area contributed by atoms with Gasteiger partial charge in [0, 0.05) is 13.1 Å². The van der Waals surface area contributed by atoms with E-state index in [1.54, 1.807) is 0 Å². The minimum Gasteiger partial charge on any atom is -0.481 e. The van der Waals surface area contributed by atoms with Crippen LogP contribution in [0.25, 0.3) is 0 Å². The maximum atomic E-state index is 12.9. The number of rotatable bonds is 3. The Morgan fingerprint density at radius 1 is 1.36 bits per heavy atom. The van der Waals surface area contributed by atoms with Gasteiger partial charge in [0.05, 0.1) is 5.41 Å². The molecule has 1 aliphatic heterocycles. The van der Waals surface area contributed by atoms with Crippen LogP contribution < -0.4 is 5.32 Å². The van der Waals surface area contributed by atoms with Crippen LogP contribution in [0, 0.1) is 17.3 Å². The number of carboxylic acids is 1.